The van der Waals surface area contributed by atoms with Crippen LogP contribution >= 0.6 is 11.6 Å². The van der Waals surface area contributed by atoms with Crippen molar-refractivity contribution < 1.29 is 14.3 Å². The quantitative estimate of drug-likeness (QED) is 0.443. The van der Waals surface area contributed by atoms with E-state index in [0.717, 1.165) is 24.1 Å². The summed E-state index contributed by atoms with van der Waals surface area (Å²) < 4.78 is 12.1. The molecule has 0 radical (unpaired) electrons. The van der Waals surface area contributed by atoms with E-state index in [1.54, 1.807) is 30.5 Å². The van der Waals surface area contributed by atoms with Gasteiger partial charge in [0.25, 0.3) is 5.91 Å². The number of hydrogen-bond donors (Lipinski definition) is 2. The van der Waals surface area contributed by atoms with Crippen molar-refractivity contribution in [1.29, 1.82) is 5.26 Å². The first-order chi connectivity index (χ1) is 16.5. The van der Waals surface area contributed by atoms with Crippen LogP contribution < -0.4 is 10.1 Å². The Kier molecular flexibility index (Phi) is 6.63. The van der Waals surface area contributed by atoms with Gasteiger partial charge in [0.1, 0.15) is 23.1 Å². The van der Waals surface area contributed by atoms with Crippen LogP contribution in [0.5, 0.6) is 11.5 Å². The van der Waals surface area contributed by atoms with E-state index in [1.807, 2.05) is 46.8 Å². The summed E-state index contributed by atoms with van der Waals surface area (Å²) in [6.45, 7) is 10.0. The number of rotatable bonds is 5. The molecular formula is C27H29ClN4O3. The Morgan fingerprint density at radius 3 is 2.49 bits per heavy atom. The van der Waals surface area contributed by atoms with Gasteiger partial charge in [-0.05, 0) is 71.7 Å². The van der Waals surface area contributed by atoms with E-state index >= 15 is 0 Å². The summed E-state index contributed by atoms with van der Waals surface area (Å²) in [6.07, 6.45) is 3.12. The minimum Gasteiger partial charge on any atom is -0.454 e. The zero-order valence-electron chi connectivity index (χ0n) is 20.5. The highest BCUT2D eigenvalue weighted by Gasteiger charge is 2.39. The van der Waals surface area contributed by atoms with Crippen LogP contribution in [0.1, 0.15) is 62.2 Å². The fraction of sp³-hybridized carbons (Fsp3) is 0.370. The van der Waals surface area contributed by atoms with Gasteiger partial charge in [-0.2, -0.15) is 10.4 Å². The van der Waals surface area contributed by atoms with E-state index in [1.165, 1.54) is 0 Å². The van der Waals surface area contributed by atoms with Gasteiger partial charge < -0.3 is 14.8 Å². The summed E-state index contributed by atoms with van der Waals surface area (Å²) in [7, 11) is 0. The third-order valence-corrected chi connectivity index (χ3v) is 6.33. The van der Waals surface area contributed by atoms with Gasteiger partial charge in [0, 0.05) is 28.4 Å². The molecular weight excluding hydrogens is 464 g/mol. The van der Waals surface area contributed by atoms with Gasteiger partial charge in [-0.25, -0.2) is 0 Å². The summed E-state index contributed by atoms with van der Waals surface area (Å²) in [5.74, 6) is 0.526. The first-order valence-corrected chi connectivity index (χ1v) is 11.9. The molecule has 1 aromatic heterocycles. The molecule has 35 heavy (non-hydrogen) atoms. The van der Waals surface area contributed by atoms with Crippen LogP contribution in [0.2, 0.25) is 5.02 Å². The van der Waals surface area contributed by atoms with Gasteiger partial charge in [0.2, 0.25) is 0 Å². The molecule has 0 unspecified atom stereocenters. The normalized spacial score (nSPS) is 16.9. The molecule has 182 valence electrons. The van der Waals surface area contributed by atoms with Gasteiger partial charge in [0.15, 0.2) is 0 Å². The van der Waals surface area contributed by atoms with Gasteiger partial charge in [-0.15, -0.1) is 0 Å². The fourth-order valence-corrected chi connectivity index (χ4v) is 5.10. The number of aromatic amines is 1. The van der Waals surface area contributed by atoms with Crippen molar-refractivity contribution in [2.24, 2.45) is 0 Å². The number of aryl methyl sites for hydroxylation is 1. The van der Waals surface area contributed by atoms with Crippen molar-refractivity contribution in [3.05, 3.63) is 64.4 Å². The van der Waals surface area contributed by atoms with E-state index in [9.17, 15) is 10.1 Å². The lowest BCUT2D eigenvalue weighted by atomic mass is 9.85. The Morgan fingerprint density at radius 2 is 1.89 bits per heavy atom. The Morgan fingerprint density at radius 1 is 1.17 bits per heavy atom. The van der Waals surface area contributed by atoms with Crippen molar-refractivity contribution in [2.75, 3.05) is 0 Å². The molecule has 3 aromatic rings. The molecule has 0 aliphatic carbocycles. The number of carbonyl (C=O) groups excluding carboxylic acids is 1. The molecule has 4 rings (SSSR count). The molecule has 7 nitrogen and oxygen atoms in total. The molecule has 1 saturated heterocycles. The molecule has 8 heteroatoms. The molecule has 0 saturated carbocycles. The molecule has 1 fully saturated rings. The molecule has 2 aromatic carbocycles. The number of halogens is 1. The zero-order valence-corrected chi connectivity index (χ0v) is 21.3. The van der Waals surface area contributed by atoms with Crippen LogP contribution in [0.15, 0.2) is 42.6 Å². The van der Waals surface area contributed by atoms with Crippen LogP contribution in [-0.4, -0.2) is 33.3 Å². The Hall–Kier alpha value is -3.34. The Balaban J connectivity index is 1.53. The summed E-state index contributed by atoms with van der Waals surface area (Å²) >= 11 is 6.49. The molecule has 1 aliphatic heterocycles. The molecule has 0 bridgehead atoms. The summed E-state index contributed by atoms with van der Waals surface area (Å²) in [5, 5.41) is 20.2. The Labute approximate surface area is 210 Å². The first kappa shape index (κ1) is 24.8. The lowest BCUT2D eigenvalue weighted by Crippen LogP contribution is -2.52. The number of nitriles is 1. The van der Waals surface area contributed by atoms with E-state index in [4.69, 9.17) is 21.1 Å². The second kappa shape index (κ2) is 9.37. The lowest BCUT2D eigenvalue weighted by molar-refractivity contribution is -0.162. The van der Waals surface area contributed by atoms with Gasteiger partial charge >= 0.3 is 0 Å². The number of aromatic nitrogens is 2. The van der Waals surface area contributed by atoms with E-state index in [-0.39, 0.29) is 28.2 Å². The van der Waals surface area contributed by atoms with Gasteiger partial charge in [-0.1, -0.05) is 23.7 Å². The lowest BCUT2D eigenvalue weighted by Gasteiger charge is -2.45. The highest BCUT2D eigenvalue weighted by atomic mass is 35.5. The maximum atomic E-state index is 13.0. The topological polar surface area (TPSA) is 100 Å². The first-order valence-electron chi connectivity index (χ1n) is 11.5. The number of amides is 1. The maximum Gasteiger partial charge on any atom is 0.251 e. The third kappa shape index (κ3) is 5.50. The highest BCUT2D eigenvalue weighted by molar-refractivity contribution is 6.32. The fourth-order valence-electron chi connectivity index (χ4n) is 4.88. The Bertz CT molecular complexity index is 1290. The second-order valence-corrected chi connectivity index (χ2v) is 10.6. The van der Waals surface area contributed by atoms with E-state index in [0.29, 0.717) is 28.2 Å². The second-order valence-electron chi connectivity index (χ2n) is 10.1. The van der Waals surface area contributed by atoms with Crippen molar-refractivity contribution in [1.82, 2.24) is 15.5 Å². The zero-order chi connectivity index (χ0) is 25.4. The number of ether oxygens (including phenoxy) is 2. The van der Waals surface area contributed by atoms with Crippen LogP contribution in [0.3, 0.4) is 0 Å². The number of nitrogens with zero attached hydrogens (tertiary/aromatic N) is 2. The molecule has 1 amide bonds. The predicted molar refractivity (Wildman–Crippen MR) is 135 cm³/mol. The van der Waals surface area contributed by atoms with Crippen LogP contribution in [0, 0.1) is 18.3 Å². The summed E-state index contributed by atoms with van der Waals surface area (Å²) in [5.41, 5.74) is 2.56. The SMILES string of the molecule is Cc1[nH]ncc1-c1cccc(Oc2ccc(C(=O)NC3CC(C)(C)OC(C)(C)C3)cc2Cl)c1C#N. The number of carbonyl (C=O) groups is 1. The molecule has 2 N–H and O–H groups in total. The van der Waals surface area contributed by atoms with Crippen molar-refractivity contribution in [3.63, 3.8) is 0 Å². The standard InChI is InChI=1S/C27H29ClN4O3/c1-16-21(15-30-32-16)19-7-6-8-23(20(19)14-29)34-24-10-9-17(11-22(24)28)25(33)31-18-12-26(2,3)35-27(4,5)13-18/h6-11,15,18H,12-13H2,1-5H3,(H,30,32)(H,31,33). The van der Waals surface area contributed by atoms with Gasteiger partial charge in [-0.3, -0.25) is 9.89 Å². The van der Waals surface area contributed by atoms with Crippen molar-refractivity contribution >= 4 is 17.5 Å². The van der Waals surface area contributed by atoms with Crippen LogP contribution in [-0.2, 0) is 4.74 Å². The van der Waals surface area contributed by atoms with E-state index < -0.39 is 0 Å². The minimum absolute atomic E-state index is 0.0109. The van der Waals surface area contributed by atoms with E-state index in [2.05, 4.69) is 21.6 Å². The van der Waals surface area contributed by atoms with Crippen LogP contribution in [0.4, 0.5) is 0 Å². The average Bonchev–Trinajstić information content (AvgIpc) is 3.18. The summed E-state index contributed by atoms with van der Waals surface area (Å²) in [6, 6.07) is 12.5. The number of benzene rings is 2. The molecule has 1 aliphatic rings. The van der Waals surface area contributed by atoms with Crippen LogP contribution in [0.25, 0.3) is 11.1 Å². The monoisotopic (exact) mass is 492 g/mol. The average molecular weight is 493 g/mol. The molecule has 2 heterocycles. The van der Waals surface area contributed by atoms with Crippen molar-refractivity contribution in [2.45, 2.75) is 64.7 Å². The molecule has 0 atom stereocenters. The maximum absolute atomic E-state index is 13.0. The third-order valence-electron chi connectivity index (χ3n) is 6.04. The number of H-pyrrole nitrogens is 1. The smallest absolute Gasteiger partial charge is 0.251 e. The highest BCUT2D eigenvalue weighted by Crippen LogP contribution is 2.37. The number of hydrogen-bond acceptors (Lipinski definition) is 5. The molecule has 0 spiro atoms. The number of nitrogens with one attached hydrogen (secondary N) is 2. The summed E-state index contributed by atoms with van der Waals surface area (Å²) in [4.78, 5) is 13.0. The van der Waals surface area contributed by atoms with Crippen molar-refractivity contribution in [3.8, 4) is 28.7 Å². The minimum atomic E-state index is -0.322. The predicted octanol–water partition coefficient (Wildman–Crippen LogP) is 6.17. The van der Waals surface area contributed by atoms with Gasteiger partial charge in [0.05, 0.1) is 22.4 Å². The largest absolute Gasteiger partial charge is 0.454 e.